The monoisotopic (exact) mass is 724 g/mol. The number of rotatable bonds is 9. The Bertz CT molecular complexity index is 2430. The van der Waals surface area contributed by atoms with Gasteiger partial charge >= 0.3 is 0 Å². The second-order valence-electron chi connectivity index (χ2n) is 14.3. The number of aromatic amines is 1. The predicted molar refractivity (Wildman–Crippen MR) is 202 cm³/mol. The van der Waals surface area contributed by atoms with Crippen molar-refractivity contribution in [2.75, 3.05) is 18.9 Å². The third-order valence-electron chi connectivity index (χ3n) is 10.7. The van der Waals surface area contributed by atoms with Gasteiger partial charge in [0.05, 0.1) is 27.9 Å². The third-order valence-corrected chi connectivity index (χ3v) is 10.7. The Kier molecular flexibility index (Phi) is 9.29. The van der Waals surface area contributed by atoms with E-state index in [1.54, 1.807) is 24.4 Å². The lowest BCUT2D eigenvalue weighted by molar-refractivity contribution is -0.136. The minimum atomic E-state index is -1.02. The van der Waals surface area contributed by atoms with E-state index in [-0.39, 0.29) is 29.9 Å². The molecule has 13 nitrogen and oxygen atoms in total. The highest BCUT2D eigenvalue weighted by atomic mass is 16.2. The molecule has 2 atom stereocenters. The summed E-state index contributed by atoms with van der Waals surface area (Å²) in [7, 11) is 2.15. The van der Waals surface area contributed by atoms with Crippen LogP contribution in [0.15, 0.2) is 54.7 Å². The first-order chi connectivity index (χ1) is 26.2. The minimum Gasteiger partial charge on any atom is -0.357 e. The number of imide groups is 2. The van der Waals surface area contributed by atoms with Crippen LogP contribution < -0.4 is 10.6 Å². The third kappa shape index (κ3) is 6.54. The number of H-pyrrole nitrogens is 1. The van der Waals surface area contributed by atoms with E-state index >= 15 is 0 Å². The number of hydrogen-bond acceptors (Lipinski definition) is 8. The molecule has 0 spiro atoms. The Morgan fingerprint density at radius 3 is 2.69 bits per heavy atom. The van der Waals surface area contributed by atoms with Crippen LogP contribution in [0.2, 0.25) is 0 Å². The van der Waals surface area contributed by atoms with Crippen molar-refractivity contribution in [2.24, 2.45) is 0 Å². The molecule has 2 fully saturated rings. The van der Waals surface area contributed by atoms with Crippen molar-refractivity contribution in [1.82, 2.24) is 34.9 Å². The van der Waals surface area contributed by atoms with Crippen LogP contribution in [0.5, 0.6) is 0 Å². The molecule has 0 aliphatic carbocycles. The van der Waals surface area contributed by atoms with Gasteiger partial charge in [0.25, 0.3) is 17.7 Å². The summed E-state index contributed by atoms with van der Waals surface area (Å²) in [4.78, 5) is 75.2. The number of carbonyl (C=O) groups excluding carboxylic acids is 5. The number of nitrogens with zero attached hydrogens (tertiary/aromatic N) is 5. The number of aryl methyl sites for hydroxylation is 2. The maximum atomic E-state index is 13.4. The molecule has 5 amide bonds. The average Bonchev–Trinajstić information content (AvgIpc) is 3.92. The number of piperidine rings is 1. The Morgan fingerprint density at radius 2 is 1.87 bits per heavy atom. The van der Waals surface area contributed by atoms with E-state index in [9.17, 15) is 24.0 Å². The van der Waals surface area contributed by atoms with E-state index in [0.29, 0.717) is 36.0 Å². The quantitative estimate of drug-likeness (QED) is 0.106. The predicted octanol–water partition coefficient (Wildman–Crippen LogP) is 5.25. The smallest absolute Gasteiger partial charge is 0.263 e. The number of hydrogen-bond donors (Lipinski definition) is 3. The topological polar surface area (TPSA) is 162 Å². The number of aromatic nitrogens is 4. The number of carbonyl (C=O) groups is 5. The molecule has 0 radical (unpaired) electrons. The summed E-state index contributed by atoms with van der Waals surface area (Å²) < 4.78 is 1.95. The van der Waals surface area contributed by atoms with E-state index in [1.807, 2.05) is 35.9 Å². The summed E-state index contributed by atoms with van der Waals surface area (Å²) in [6.45, 7) is 3.72. The van der Waals surface area contributed by atoms with Crippen molar-refractivity contribution in [1.29, 1.82) is 0 Å². The van der Waals surface area contributed by atoms with Gasteiger partial charge in [-0.05, 0) is 83.0 Å². The molecule has 6 heterocycles. The van der Waals surface area contributed by atoms with Crippen molar-refractivity contribution in [3.63, 3.8) is 0 Å². The molecule has 0 bridgehead atoms. The van der Waals surface area contributed by atoms with Gasteiger partial charge in [0.15, 0.2) is 0 Å². The molecule has 8 rings (SSSR count). The van der Waals surface area contributed by atoms with Crippen molar-refractivity contribution in [2.45, 2.75) is 76.9 Å². The lowest BCUT2D eigenvalue weighted by atomic mass is 10.0. The molecule has 3 aromatic heterocycles. The molecule has 0 saturated carbocycles. The molecule has 3 aliphatic rings. The standard InChI is InChI=1S/C41H40N8O5/c1-24-28-15-14-26(38(51)44-35-22-30-27(23-42-35)20-31(43-30)32-13-9-18-47(32)2)21-34(28)48(46-24)19-7-5-3-4-6-10-25-11-8-12-29-37(25)41(54)49(40(29)53)33-16-17-36(50)45-39(33)52/h8,11-12,14-15,20-23,32-33,43H,3-5,7,9,13,16-19H2,1-2H3,(H,42,44,51)(H,45,50,52)/t32-,33?/m1/s1. The Balaban J connectivity index is 0.870. The van der Waals surface area contributed by atoms with Gasteiger partial charge in [-0.2, -0.15) is 5.10 Å². The van der Waals surface area contributed by atoms with Crippen LogP contribution in [0.1, 0.15) is 105 Å². The van der Waals surface area contributed by atoms with E-state index in [4.69, 9.17) is 5.10 Å². The van der Waals surface area contributed by atoms with Crippen molar-refractivity contribution >= 4 is 57.2 Å². The summed E-state index contributed by atoms with van der Waals surface area (Å²) in [6, 6.07) is 14.0. The highest BCUT2D eigenvalue weighted by Crippen LogP contribution is 2.33. The summed E-state index contributed by atoms with van der Waals surface area (Å²) in [6.07, 6.45) is 7.40. The fourth-order valence-corrected chi connectivity index (χ4v) is 7.87. The van der Waals surface area contributed by atoms with Crippen LogP contribution in [-0.4, -0.2) is 78.7 Å². The van der Waals surface area contributed by atoms with Gasteiger partial charge in [0.2, 0.25) is 11.8 Å². The SMILES string of the molecule is Cc1nn(CCCCCC#Cc2cccc3c2C(=O)N(C2CCC(=O)NC2=O)C3=O)c2cc(C(=O)Nc3cc4[nH]c([C@H]5CCCN5C)cc4cn3)ccc12. The first-order valence-electron chi connectivity index (χ1n) is 18.5. The fraction of sp³-hybridized carbons (Fsp3) is 0.341. The number of nitrogens with one attached hydrogen (secondary N) is 3. The zero-order valence-corrected chi connectivity index (χ0v) is 30.2. The number of amides is 5. The molecule has 3 aliphatic heterocycles. The maximum Gasteiger partial charge on any atom is 0.263 e. The van der Waals surface area contributed by atoms with Crippen molar-refractivity contribution in [3.8, 4) is 11.8 Å². The largest absolute Gasteiger partial charge is 0.357 e. The summed E-state index contributed by atoms with van der Waals surface area (Å²) in [5.41, 5.74) is 5.29. The van der Waals surface area contributed by atoms with E-state index < -0.39 is 29.7 Å². The van der Waals surface area contributed by atoms with E-state index in [0.717, 1.165) is 64.6 Å². The Labute approximate surface area is 311 Å². The molecule has 3 N–H and O–H groups in total. The molecule has 2 saturated heterocycles. The molecular formula is C41H40N8O5. The van der Waals surface area contributed by atoms with Crippen LogP contribution in [0.4, 0.5) is 5.82 Å². The van der Waals surface area contributed by atoms with Gasteiger partial charge in [-0.25, -0.2) is 4.98 Å². The van der Waals surface area contributed by atoms with E-state index in [2.05, 4.69) is 50.5 Å². The zero-order valence-electron chi connectivity index (χ0n) is 30.2. The second-order valence-corrected chi connectivity index (χ2v) is 14.3. The van der Waals surface area contributed by atoms with Gasteiger partial charge in [0, 0.05) is 65.3 Å². The van der Waals surface area contributed by atoms with Crippen molar-refractivity contribution < 1.29 is 24.0 Å². The lowest BCUT2D eigenvalue weighted by Crippen LogP contribution is -2.54. The van der Waals surface area contributed by atoms with Gasteiger partial charge in [-0.15, -0.1) is 0 Å². The number of pyridine rings is 1. The van der Waals surface area contributed by atoms with Crippen LogP contribution in [-0.2, 0) is 16.1 Å². The number of fused-ring (bicyclic) bond motifs is 3. The molecule has 54 heavy (non-hydrogen) atoms. The number of anilines is 1. The molecular weight excluding hydrogens is 685 g/mol. The summed E-state index contributed by atoms with van der Waals surface area (Å²) >= 11 is 0. The van der Waals surface area contributed by atoms with Crippen LogP contribution in [0, 0.1) is 18.8 Å². The highest BCUT2D eigenvalue weighted by Gasteiger charge is 2.45. The van der Waals surface area contributed by atoms with Gasteiger partial charge < -0.3 is 10.3 Å². The summed E-state index contributed by atoms with van der Waals surface area (Å²) in [5, 5.41) is 11.9. The molecule has 13 heteroatoms. The molecule has 274 valence electrons. The molecule has 5 aromatic rings. The minimum absolute atomic E-state index is 0.0644. The molecule has 2 aromatic carbocycles. The highest BCUT2D eigenvalue weighted by molar-refractivity contribution is 6.24. The van der Waals surface area contributed by atoms with Crippen LogP contribution in [0.3, 0.4) is 0 Å². The van der Waals surface area contributed by atoms with Gasteiger partial charge in [-0.1, -0.05) is 30.4 Å². The first kappa shape index (κ1) is 34.9. The lowest BCUT2D eigenvalue weighted by Gasteiger charge is -2.27. The maximum absolute atomic E-state index is 13.4. The zero-order chi connectivity index (χ0) is 37.5. The normalized spacial score (nSPS) is 18.7. The van der Waals surface area contributed by atoms with Gasteiger partial charge in [-0.3, -0.25) is 43.8 Å². The summed E-state index contributed by atoms with van der Waals surface area (Å²) in [5.74, 6) is 4.28. The number of unbranched alkanes of at least 4 members (excludes halogenated alkanes) is 3. The van der Waals surface area contributed by atoms with Crippen LogP contribution >= 0.6 is 0 Å². The Hall–Kier alpha value is -6.13. The second kappa shape index (κ2) is 14.4. The van der Waals surface area contributed by atoms with Gasteiger partial charge in [0.1, 0.15) is 11.9 Å². The first-order valence-corrected chi connectivity index (χ1v) is 18.5. The Morgan fingerprint density at radius 1 is 1.00 bits per heavy atom. The molecule has 1 unspecified atom stereocenters. The van der Waals surface area contributed by atoms with Crippen LogP contribution in [0.25, 0.3) is 21.8 Å². The van der Waals surface area contributed by atoms with Crippen molar-refractivity contribution in [3.05, 3.63) is 88.4 Å². The number of likely N-dealkylation sites (tertiary alicyclic amines) is 1. The fourth-order valence-electron chi connectivity index (χ4n) is 7.87. The van der Waals surface area contributed by atoms with E-state index in [1.165, 1.54) is 12.1 Å². The average molecular weight is 725 g/mol. The number of benzene rings is 2.